The van der Waals surface area contributed by atoms with Crippen molar-refractivity contribution in [1.29, 1.82) is 0 Å². The van der Waals surface area contributed by atoms with E-state index >= 15 is 4.39 Å². The van der Waals surface area contributed by atoms with Crippen LogP contribution < -0.4 is 25.6 Å². The van der Waals surface area contributed by atoms with Gasteiger partial charge in [0.1, 0.15) is 18.5 Å². The predicted molar refractivity (Wildman–Crippen MR) is 184 cm³/mol. The van der Waals surface area contributed by atoms with Gasteiger partial charge in [-0.3, -0.25) is 9.97 Å². The molecule has 238 valence electrons. The molecule has 0 radical (unpaired) electrons. The molecule has 2 fully saturated rings. The number of piperidine rings is 1. The molecule has 1 saturated heterocycles. The van der Waals surface area contributed by atoms with Gasteiger partial charge in [0.25, 0.3) is 0 Å². The summed E-state index contributed by atoms with van der Waals surface area (Å²) in [5.41, 5.74) is 4.24. The maximum atomic E-state index is 16.4. The molecule has 0 spiro atoms. The van der Waals surface area contributed by atoms with Crippen molar-refractivity contribution in [3.8, 4) is 5.75 Å². The number of hydrogen-bond acceptors (Lipinski definition) is 9. The smallest absolute Gasteiger partial charge is 0.229 e. The molecule has 2 N–H and O–H groups in total. The number of halogens is 2. The van der Waals surface area contributed by atoms with E-state index in [9.17, 15) is 4.57 Å². The zero-order chi connectivity index (χ0) is 32.1. The summed E-state index contributed by atoms with van der Waals surface area (Å²) >= 11 is 3.54. The number of hydrogen-bond donors (Lipinski definition) is 2. The molecular formula is C33H40BrFN7O2P. The number of ether oxygens (including phenoxy) is 1. The van der Waals surface area contributed by atoms with Crippen LogP contribution in [0, 0.1) is 17.2 Å². The van der Waals surface area contributed by atoms with Gasteiger partial charge in [-0.15, -0.1) is 0 Å². The van der Waals surface area contributed by atoms with Crippen LogP contribution in [0.3, 0.4) is 0 Å². The standard InChI is InChI=1S/C33H40BrFN7O2P/c1-33(2,3)20-11-15-42(16-12-20)28-21(19-7-8-19)17-25(29(44-4)26(28)35)40-32-38-18-22(34)31(41-32)39-24-10-9-23-27(37-14-13-36-23)30(24)45(5,6)43/h9-10,13-14,17-20H,7-8,11-12,15-16H2,1-6H3,(H2,38,39,40,41). The monoisotopic (exact) mass is 695 g/mol. The second kappa shape index (κ2) is 12.1. The Balaban J connectivity index is 1.33. The first-order valence-corrected chi connectivity index (χ1v) is 18.8. The number of anilines is 5. The van der Waals surface area contributed by atoms with Gasteiger partial charge < -0.3 is 24.8 Å². The lowest BCUT2D eigenvalue weighted by molar-refractivity contribution is 0.198. The summed E-state index contributed by atoms with van der Waals surface area (Å²) in [4.78, 5) is 20.2. The Labute approximate surface area is 272 Å². The molecule has 0 amide bonds. The number of rotatable bonds is 8. The highest BCUT2D eigenvalue weighted by molar-refractivity contribution is 9.10. The highest BCUT2D eigenvalue weighted by Crippen LogP contribution is 2.51. The van der Waals surface area contributed by atoms with Gasteiger partial charge in [-0.25, -0.2) is 9.37 Å². The van der Waals surface area contributed by atoms with Gasteiger partial charge in [0.05, 0.1) is 39.5 Å². The fourth-order valence-corrected chi connectivity index (χ4v) is 8.04. The highest BCUT2D eigenvalue weighted by Gasteiger charge is 2.36. The Morgan fingerprint density at radius 2 is 1.73 bits per heavy atom. The zero-order valence-electron chi connectivity index (χ0n) is 26.6. The fourth-order valence-electron chi connectivity index (χ4n) is 6.36. The summed E-state index contributed by atoms with van der Waals surface area (Å²) in [6.07, 6.45) is 8.97. The Hall–Kier alpha value is -3.30. The summed E-state index contributed by atoms with van der Waals surface area (Å²) in [5.74, 6) is 1.43. The summed E-state index contributed by atoms with van der Waals surface area (Å²) in [6.45, 7) is 11.9. The molecule has 9 nitrogen and oxygen atoms in total. The molecule has 4 aromatic rings. The Bertz CT molecular complexity index is 1800. The first-order valence-electron chi connectivity index (χ1n) is 15.4. The van der Waals surface area contributed by atoms with E-state index in [1.165, 1.54) is 7.11 Å². The molecular weight excluding hydrogens is 656 g/mol. The van der Waals surface area contributed by atoms with Crippen molar-refractivity contribution in [2.45, 2.75) is 52.4 Å². The number of aromatic nitrogens is 4. The maximum absolute atomic E-state index is 16.4. The van der Waals surface area contributed by atoms with Gasteiger partial charge >= 0.3 is 0 Å². The largest absolute Gasteiger partial charge is 0.492 e. The van der Waals surface area contributed by atoms with Crippen molar-refractivity contribution in [2.75, 3.05) is 49.1 Å². The Kier molecular flexibility index (Phi) is 8.54. The third-order valence-corrected chi connectivity index (χ3v) is 11.0. The second-order valence-corrected chi connectivity index (χ2v) is 17.5. The molecule has 2 aliphatic rings. The first kappa shape index (κ1) is 31.7. The van der Waals surface area contributed by atoms with Crippen molar-refractivity contribution in [3.05, 3.63) is 52.6 Å². The lowest BCUT2D eigenvalue weighted by atomic mass is 9.75. The van der Waals surface area contributed by atoms with Crippen molar-refractivity contribution in [1.82, 2.24) is 19.9 Å². The summed E-state index contributed by atoms with van der Waals surface area (Å²) in [7, 11) is -1.29. The van der Waals surface area contributed by atoms with Gasteiger partial charge in [0.15, 0.2) is 11.6 Å². The van der Waals surface area contributed by atoms with Gasteiger partial charge in [0.2, 0.25) is 5.95 Å². The van der Waals surface area contributed by atoms with Gasteiger partial charge in [-0.2, -0.15) is 4.98 Å². The van der Waals surface area contributed by atoms with Crippen LogP contribution in [0.2, 0.25) is 0 Å². The molecule has 12 heteroatoms. The number of nitrogens with zero attached hydrogens (tertiary/aromatic N) is 5. The van der Waals surface area contributed by atoms with Crippen LogP contribution in [-0.4, -0.2) is 53.5 Å². The van der Waals surface area contributed by atoms with Gasteiger partial charge in [-0.05, 0) is 96.0 Å². The second-order valence-electron chi connectivity index (χ2n) is 13.5. The van der Waals surface area contributed by atoms with Crippen LogP contribution in [-0.2, 0) is 4.57 Å². The third kappa shape index (κ3) is 6.52. The Morgan fingerprint density at radius 3 is 2.38 bits per heavy atom. The normalized spacial score (nSPS) is 16.2. The summed E-state index contributed by atoms with van der Waals surface area (Å²) < 4.78 is 36.1. The zero-order valence-corrected chi connectivity index (χ0v) is 29.1. The van der Waals surface area contributed by atoms with Crippen LogP contribution in [0.25, 0.3) is 11.0 Å². The van der Waals surface area contributed by atoms with Gasteiger partial charge in [0, 0.05) is 31.7 Å². The number of methoxy groups -OCH3 is 1. The van der Waals surface area contributed by atoms with Gasteiger partial charge in [-0.1, -0.05) is 20.8 Å². The quantitative estimate of drug-likeness (QED) is 0.177. The average molecular weight is 697 g/mol. The minimum Gasteiger partial charge on any atom is -0.492 e. The van der Waals surface area contributed by atoms with Crippen LogP contribution >= 0.6 is 23.1 Å². The average Bonchev–Trinajstić information content (AvgIpc) is 3.83. The molecule has 0 bridgehead atoms. The number of nitrogens with one attached hydrogen (secondary N) is 2. The molecule has 1 aliphatic carbocycles. The Morgan fingerprint density at radius 1 is 1.02 bits per heavy atom. The lowest BCUT2D eigenvalue weighted by Gasteiger charge is -2.40. The van der Waals surface area contributed by atoms with Crippen LogP contribution in [0.15, 0.2) is 41.3 Å². The summed E-state index contributed by atoms with van der Waals surface area (Å²) in [5, 5.41) is 7.14. The third-order valence-electron chi connectivity index (χ3n) is 8.88. The van der Waals surface area contributed by atoms with Crippen molar-refractivity contribution in [3.63, 3.8) is 0 Å². The molecule has 3 heterocycles. The van der Waals surface area contributed by atoms with E-state index < -0.39 is 7.14 Å². The van der Waals surface area contributed by atoms with Crippen molar-refractivity contribution < 1.29 is 13.7 Å². The van der Waals surface area contributed by atoms with E-state index in [1.54, 1.807) is 31.9 Å². The lowest BCUT2D eigenvalue weighted by Crippen LogP contribution is -2.39. The number of fused-ring (bicyclic) bond motifs is 1. The van der Waals surface area contributed by atoms with E-state index in [0.717, 1.165) is 44.3 Å². The molecule has 45 heavy (non-hydrogen) atoms. The van der Waals surface area contributed by atoms with E-state index in [-0.39, 0.29) is 22.9 Å². The molecule has 0 atom stereocenters. The van der Waals surface area contributed by atoms with Crippen molar-refractivity contribution in [2.24, 2.45) is 11.3 Å². The van der Waals surface area contributed by atoms with Crippen LogP contribution in [0.1, 0.15) is 57.9 Å². The number of benzene rings is 2. The van der Waals surface area contributed by atoms with E-state index in [1.807, 2.05) is 18.2 Å². The molecule has 6 rings (SSSR count). The molecule has 1 saturated carbocycles. The molecule has 2 aromatic heterocycles. The van der Waals surface area contributed by atoms with E-state index in [2.05, 4.69) is 67.2 Å². The van der Waals surface area contributed by atoms with Crippen molar-refractivity contribution >= 4 is 68.2 Å². The topological polar surface area (TPSA) is 105 Å². The minimum atomic E-state index is -2.78. The molecule has 1 aliphatic heterocycles. The SMILES string of the molecule is COc1c(Nc2ncc(Br)c(Nc3ccc4nccnc4c3P(C)(C)=O)n2)cc(C2CC2)c(N2CCC(C(C)(C)C)CC2)c1F. The fraction of sp³-hybridized carbons (Fsp3) is 0.455. The van der Waals surface area contributed by atoms with E-state index in [4.69, 9.17) is 9.72 Å². The summed E-state index contributed by atoms with van der Waals surface area (Å²) in [6, 6.07) is 5.67. The first-order chi connectivity index (χ1) is 21.3. The van der Waals surface area contributed by atoms with E-state index in [0.29, 0.717) is 55.5 Å². The molecule has 2 aromatic carbocycles. The van der Waals surface area contributed by atoms with Crippen LogP contribution in [0.5, 0.6) is 5.75 Å². The molecule has 0 unspecified atom stereocenters. The highest BCUT2D eigenvalue weighted by atomic mass is 79.9. The predicted octanol–water partition coefficient (Wildman–Crippen LogP) is 8.21. The minimum absolute atomic E-state index is 0.140. The van der Waals surface area contributed by atoms with Crippen LogP contribution in [0.4, 0.5) is 33.2 Å². The maximum Gasteiger partial charge on any atom is 0.229 e.